The second-order valence-electron chi connectivity index (χ2n) is 4.34. The molecule has 19 heavy (non-hydrogen) atoms. The number of nitro groups is 1. The van der Waals surface area contributed by atoms with E-state index in [0.717, 1.165) is 12.8 Å². The fourth-order valence-electron chi connectivity index (χ4n) is 1.86. The van der Waals surface area contributed by atoms with Gasteiger partial charge in [-0.05, 0) is 13.3 Å². The van der Waals surface area contributed by atoms with E-state index in [-0.39, 0.29) is 17.2 Å². The van der Waals surface area contributed by atoms with E-state index in [1.807, 2.05) is 6.92 Å². The van der Waals surface area contributed by atoms with Gasteiger partial charge in [-0.15, -0.1) is 0 Å². The molecule has 0 saturated carbocycles. The highest BCUT2D eigenvalue weighted by Gasteiger charge is 2.27. The minimum atomic E-state index is -1.03. The summed E-state index contributed by atoms with van der Waals surface area (Å²) < 4.78 is 1.30. The maximum Gasteiger partial charge on any atom is 0.333 e. The summed E-state index contributed by atoms with van der Waals surface area (Å²) in [6, 6.07) is -0.853. The summed E-state index contributed by atoms with van der Waals surface area (Å²) in [7, 11) is 1.54. The van der Waals surface area contributed by atoms with Gasteiger partial charge in [-0.25, -0.2) is 9.48 Å². The Morgan fingerprint density at radius 3 is 2.74 bits per heavy atom. The van der Waals surface area contributed by atoms with Gasteiger partial charge in [0, 0.05) is 7.05 Å². The minimum absolute atomic E-state index is 0.131. The second-order valence-corrected chi connectivity index (χ2v) is 4.34. The summed E-state index contributed by atoms with van der Waals surface area (Å²) in [6.45, 7) is 3.47. The lowest BCUT2D eigenvalue weighted by atomic mass is 10.1. The molecule has 0 aliphatic rings. The molecule has 2 N–H and O–H groups in total. The molecule has 1 heterocycles. The third-order valence-corrected chi connectivity index (χ3v) is 2.83. The van der Waals surface area contributed by atoms with Crippen LogP contribution >= 0.6 is 0 Å². The Labute approximate surface area is 110 Å². The zero-order valence-corrected chi connectivity index (χ0v) is 11.2. The molecule has 0 bridgehead atoms. The molecular formula is C11H18N4O4. The van der Waals surface area contributed by atoms with E-state index in [0.29, 0.717) is 6.42 Å². The molecule has 8 nitrogen and oxygen atoms in total. The highest BCUT2D eigenvalue weighted by molar-refractivity contribution is 5.78. The third kappa shape index (κ3) is 3.43. The van der Waals surface area contributed by atoms with Gasteiger partial charge in [-0.2, -0.15) is 5.10 Å². The highest BCUT2D eigenvalue weighted by atomic mass is 16.6. The molecule has 0 saturated heterocycles. The van der Waals surface area contributed by atoms with Crippen molar-refractivity contribution in [2.45, 2.75) is 39.2 Å². The van der Waals surface area contributed by atoms with Crippen molar-refractivity contribution in [1.82, 2.24) is 9.78 Å². The first-order valence-corrected chi connectivity index (χ1v) is 6.05. The quantitative estimate of drug-likeness (QED) is 0.576. The number of hydrogen-bond donors (Lipinski definition) is 2. The summed E-state index contributed by atoms with van der Waals surface area (Å²) in [6.07, 6.45) is 2.00. The van der Waals surface area contributed by atoms with Gasteiger partial charge in [-0.1, -0.05) is 19.8 Å². The van der Waals surface area contributed by atoms with Crippen LogP contribution in [0.4, 0.5) is 11.5 Å². The van der Waals surface area contributed by atoms with E-state index < -0.39 is 16.9 Å². The summed E-state index contributed by atoms with van der Waals surface area (Å²) in [5.41, 5.74) is 0.0832. The van der Waals surface area contributed by atoms with Gasteiger partial charge < -0.3 is 10.4 Å². The van der Waals surface area contributed by atoms with Crippen LogP contribution in [-0.2, 0) is 11.8 Å². The van der Waals surface area contributed by atoms with Crippen molar-refractivity contribution in [3.05, 3.63) is 15.8 Å². The molecule has 8 heteroatoms. The van der Waals surface area contributed by atoms with Crippen LogP contribution in [0.3, 0.4) is 0 Å². The Kier molecular flexibility index (Phi) is 4.85. The van der Waals surface area contributed by atoms with Crippen LogP contribution < -0.4 is 5.32 Å². The number of aromatic nitrogens is 2. The van der Waals surface area contributed by atoms with Crippen molar-refractivity contribution in [2.75, 3.05) is 5.32 Å². The molecule has 0 aliphatic heterocycles. The van der Waals surface area contributed by atoms with E-state index in [4.69, 9.17) is 5.11 Å². The zero-order chi connectivity index (χ0) is 14.6. The number of carboxylic acids is 1. The summed E-state index contributed by atoms with van der Waals surface area (Å²) in [4.78, 5) is 21.6. The molecule has 1 aromatic heterocycles. The first-order valence-electron chi connectivity index (χ1n) is 6.05. The van der Waals surface area contributed by atoms with Gasteiger partial charge in [-0.3, -0.25) is 10.1 Å². The first kappa shape index (κ1) is 14.9. The minimum Gasteiger partial charge on any atom is -0.480 e. The molecule has 0 radical (unpaired) electrons. The Morgan fingerprint density at radius 1 is 1.63 bits per heavy atom. The van der Waals surface area contributed by atoms with Crippen LogP contribution in [0.15, 0.2) is 0 Å². The second kappa shape index (κ2) is 6.17. The van der Waals surface area contributed by atoms with E-state index in [9.17, 15) is 14.9 Å². The van der Waals surface area contributed by atoms with E-state index in [2.05, 4.69) is 10.4 Å². The lowest BCUT2D eigenvalue weighted by molar-refractivity contribution is -0.384. The number of hydrogen-bond acceptors (Lipinski definition) is 5. The predicted molar refractivity (Wildman–Crippen MR) is 69.2 cm³/mol. The lowest BCUT2D eigenvalue weighted by Crippen LogP contribution is -2.30. The number of nitrogens with zero attached hydrogens (tertiary/aromatic N) is 3. The molecule has 0 aromatic carbocycles. The molecule has 1 unspecified atom stereocenters. The monoisotopic (exact) mass is 270 g/mol. The van der Waals surface area contributed by atoms with E-state index in [1.165, 1.54) is 11.6 Å². The zero-order valence-electron chi connectivity index (χ0n) is 11.2. The first-order chi connectivity index (χ1) is 8.88. The topological polar surface area (TPSA) is 110 Å². The van der Waals surface area contributed by atoms with Gasteiger partial charge >= 0.3 is 11.7 Å². The van der Waals surface area contributed by atoms with E-state index in [1.54, 1.807) is 7.05 Å². The van der Waals surface area contributed by atoms with Crippen LogP contribution in [0.2, 0.25) is 0 Å². The number of aliphatic carboxylic acids is 1. The van der Waals surface area contributed by atoms with Gasteiger partial charge in [0.2, 0.25) is 5.82 Å². The molecule has 0 spiro atoms. The summed E-state index contributed by atoms with van der Waals surface area (Å²) in [5.74, 6) is -0.896. The number of rotatable bonds is 7. The molecular weight excluding hydrogens is 252 g/mol. The number of nitrogens with one attached hydrogen (secondary N) is 1. The van der Waals surface area contributed by atoms with Crippen molar-refractivity contribution in [1.29, 1.82) is 0 Å². The van der Waals surface area contributed by atoms with Crippen molar-refractivity contribution in [3.63, 3.8) is 0 Å². The fourth-order valence-corrected chi connectivity index (χ4v) is 1.86. The van der Waals surface area contributed by atoms with Crippen molar-refractivity contribution >= 4 is 17.5 Å². The number of aryl methyl sites for hydroxylation is 2. The number of carboxylic acid groups (broad SMARTS) is 1. The molecule has 0 fully saturated rings. The third-order valence-electron chi connectivity index (χ3n) is 2.83. The Hall–Kier alpha value is -2.12. The van der Waals surface area contributed by atoms with Gasteiger partial charge in [0.1, 0.15) is 11.7 Å². The maximum absolute atomic E-state index is 11.1. The smallest absolute Gasteiger partial charge is 0.333 e. The maximum atomic E-state index is 11.1. The number of unbranched alkanes of at least 4 members (excludes halogenated alkanes) is 1. The average molecular weight is 270 g/mol. The van der Waals surface area contributed by atoms with E-state index >= 15 is 0 Å². The molecule has 1 aromatic rings. The van der Waals surface area contributed by atoms with Crippen molar-refractivity contribution in [3.8, 4) is 0 Å². The molecule has 1 rings (SSSR count). The van der Waals surface area contributed by atoms with Crippen LogP contribution in [0.25, 0.3) is 0 Å². The molecule has 0 aliphatic carbocycles. The normalized spacial score (nSPS) is 12.2. The van der Waals surface area contributed by atoms with Crippen LogP contribution in [-0.4, -0.2) is 31.8 Å². The average Bonchev–Trinajstić information content (AvgIpc) is 2.58. The Bertz CT molecular complexity index is 483. The number of anilines is 1. The van der Waals surface area contributed by atoms with Crippen LogP contribution in [0.1, 0.15) is 31.9 Å². The predicted octanol–water partition coefficient (Wildman–Crippen LogP) is 1.69. The van der Waals surface area contributed by atoms with Gasteiger partial charge in [0.15, 0.2) is 0 Å². The summed E-state index contributed by atoms with van der Waals surface area (Å²) in [5, 5.41) is 26.8. The van der Waals surface area contributed by atoms with Crippen molar-refractivity contribution < 1.29 is 14.8 Å². The number of carbonyl (C=O) groups is 1. The van der Waals surface area contributed by atoms with Crippen LogP contribution in [0, 0.1) is 17.0 Å². The SMILES string of the molecule is CCCCC(Nc1c([N+](=O)[O-])c(C)nn1C)C(=O)O. The molecule has 1 atom stereocenters. The molecule has 106 valence electrons. The Morgan fingerprint density at radius 2 is 2.26 bits per heavy atom. The largest absolute Gasteiger partial charge is 0.480 e. The van der Waals surface area contributed by atoms with Gasteiger partial charge in [0.25, 0.3) is 0 Å². The Balaban J connectivity index is 3.02. The van der Waals surface area contributed by atoms with Crippen molar-refractivity contribution in [2.24, 2.45) is 7.05 Å². The lowest BCUT2D eigenvalue weighted by Gasteiger charge is -2.14. The highest BCUT2D eigenvalue weighted by Crippen LogP contribution is 2.28. The van der Waals surface area contributed by atoms with Gasteiger partial charge in [0.05, 0.1) is 4.92 Å². The molecule has 0 amide bonds. The fraction of sp³-hybridized carbons (Fsp3) is 0.636. The standard InChI is InChI=1S/C11H18N4O4/c1-4-5-6-8(11(16)17)12-10-9(15(18)19)7(2)13-14(10)3/h8,12H,4-6H2,1-3H3,(H,16,17). The summed E-state index contributed by atoms with van der Waals surface area (Å²) >= 11 is 0. The van der Waals surface area contributed by atoms with Crippen LogP contribution in [0.5, 0.6) is 0 Å².